The van der Waals surface area contributed by atoms with Gasteiger partial charge in [0, 0.05) is 29.0 Å². The second kappa shape index (κ2) is 4.35. The molecule has 0 aliphatic heterocycles. The van der Waals surface area contributed by atoms with Crippen molar-refractivity contribution in [3.63, 3.8) is 0 Å². The molecule has 2 heterocycles. The highest BCUT2D eigenvalue weighted by Crippen LogP contribution is 2.30. The minimum atomic E-state index is 0.794. The predicted octanol–water partition coefficient (Wildman–Crippen LogP) is 3.50. The molecule has 2 aromatic heterocycles. The van der Waals surface area contributed by atoms with Crippen molar-refractivity contribution in [1.82, 2.24) is 9.97 Å². The van der Waals surface area contributed by atoms with Crippen LogP contribution in [0.2, 0.25) is 0 Å². The Labute approximate surface area is 112 Å². The van der Waals surface area contributed by atoms with Gasteiger partial charge in [0.2, 0.25) is 0 Å². The summed E-state index contributed by atoms with van der Waals surface area (Å²) in [6.07, 6.45) is 3.67. The molecule has 1 aromatic carbocycles. The first-order chi connectivity index (χ1) is 9.16. The minimum absolute atomic E-state index is 0.794. The number of fused-ring (bicyclic) bond motifs is 1. The standard InChI is InChI=1S/C16H15N3/c1-10-7-12(9-18-8-10)16-11(2)15(17)13-5-3-4-6-14(13)19-16/h3-9H,1-2H3,(H2,17,19). The second-order valence-corrected chi connectivity index (χ2v) is 4.77. The fourth-order valence-electron chi connectivity index (χ4n) is 2.30. The molecular formula is C16H15N3. The summed E-state index contributed by atoms with van der Waals surface area (Å²) in [5.41, 5.74) is 12.0. The normalized spacial score (nSPS) is 10.8. The van der Waals surface area contributed by atoms with Crippen LogP contribution in [0.25, 0.3) is 22.2 Å². The predicted molar refractivity (Wildman–Crippen MR) is 78.9 cm³/mol. The molecule has 2 N–H and O–H groups in total. The van der Waals surface area contributed by atoms with Crippen molar-refractivity contribution in [1.29, 1.82) is 0 Å². The van der Waals surface area contributed by atoms with Crippen molar-refractivity contribution in [3.8, 4) is 11.3 Å². The van der Waals surface area contributed by atoms with E-state index in [1.54, 1.807) is 0 Å². The highest BCUT2D eigenvalue weighted by Gasteiger charge is 2.11. The zero-order chi connectivity index (χ0) is 13.4. The quantitative estimate of drug-likeness (QED) is 0.718. The van der Waals surface area contributed by atoms with Crippen LogP contribution in [0.4, 0.5) is 5.69 Å². The molecule has 0 unspecified atom stereocenters. The molecule has 0 spiro atoms. The number of aromatic nitrogens is 2. The van der Waals surface area contributed by atoms with Gasteiger partial charge >= 0.3 is 0 Å². The van der Waals surface area contributed by atoms with E-state index in [9.17, 15) is 0 Å². The van der Waals surface area contributed by atoms with Crippen LogP contribution in [0.15, 0.2) is 42.7 Å². The minimum Gasteiger partial charge on any atom is -0.398 e. The molecule has 19 heavy (non-hydrogen) atoms. The molecule has 3 aromatic rings. The van der Waals surface area contributed by atoms with E-state index in [0.29, 0.717) is 0 Å². The second-order valence-electron chi connectivity index (χ2n) is 4.77. The smallest absolute Gasteiger partial charge is 0.0774 e. The Morgan fingerprint density at radius 1 is 1.05 bits per heavy atom. The highest BCUT2D eigenvalue weighted by molar-refractivity contribution is 5.94. The molecule has 0 aliphatic carbocycles. The van der Waals surface area contributed by atoms with Crippen LogP contribution >= 0.6 is 0 Å². The number of rotatable bonds is 1. The number of nitrogens with zero attached hydrogens (tertiary/aromatic N) is 2. The number of para-hydroxylation sites is 1. The van der Waals surface area contributed by atoms with Crippen LogP contribution in [0, 0.1) is 13.8 Å². The zero-order valence-corrected chi connectivity index (χ0v) is 11.0. The first-order valence-electron chi connectivity index (χ1n) is 6.23. The van der Waals surface area contributed by atoms with Gasteiger partial charge in [-0.1, -0.05) is 18.2 Å². The summed E-state index contributed by atoms with van der Waals surface area (Å²) < 4.78 is 0. The summed E-state index contributed by atoms with van der Waals surface area (Å²) in [6, 6.07) is 10.0. The number of pyridine rings is 2. The first-order valence-corrected chi connectivity index (χ1v) is 6.23. The number of anilines is 1. The molecule has 0 fully saturated rings. The van der Waals surface area contributed by atoms with Crippen LogP contribution in [0.3, 0.4) is 0 Å². The molecule has 0 radical (unpaired) electrons. The molecule has 0 saturated carbocycles. The number of nitrogens with two attached hydrogens (primary N) is 1. The van der Waals surface area contributed by atoms with Gasteiger partial charge in [-0.2, -0.15) is 0 Å². The molecule has 3 rings (SSSR count). The summed E-state index contributed by atoms with van der Waals surface area (Å²) in [6.45, 7) is 4.03. The molecule has 0 aliphatic rings. The van der Waals surface area contributed by atoms with E-state index in [2.05, 4.69) is 11.1 Å². The third kappa shape index (κ3) is 1.93. The summed E-state index contributed by atoms with van der Waals surface area (Å²) in [5.74, 6) is 0. The third-order valence-corrected chi connectivity index (χ3v) is 3.33. The van der Waals surface area contributed by atoms with Crippen molar-refractivity contribution >= 4 is 16.6 Å². The van der Waals surface area contributed by atoms with E-state index in [-0.39, 0.29) is 0 Å². The molecule has 0 saturated heterocycles. The average Bonchev–Trinajstić information content (AvgIpc) is 2.43. The van der Waals surface area contributed by atoms with Gasteiger partial charge in [0.15, 0.2) is 0 Å². The maximum Gasteiger partial charge on any atom is 0.0774 e. The van der Waals surface area contributed by atoms with Gasteiger partial charge in [0.25, 0.3) is 0 Å². The van der Waals surface area contributed by atoms with Crippen LogP contribution < -0.4 is 5.73 Å². The largest absolute Gasteiger partial charge is 0.398 e. The van der Waals surface area contributed by atoms with E-state index in [1.165, 1.54) is 0 Å². The molecule has 0 atom stereocenters. The van der Waals surface area contributed by atoms with Gasteiger partial charge in [-0.15, -0.1) is 0 Å². The Hall–Kier alpha value is -2.42. The summed E-state index contributed by atoms with van der Waals surface area (Å²) in [5, 5.41) is 1.00. The maximum atomic E-state index is 6.23. The lowest BCUT2D eigenvalue weighted by Crippen LogP contribution is -1.98. The van der Waals surface area contributed by atoms with Gasteiger partial charge in [-0.25, -0.2) is 4.98 Å². The lowest BCUT2D eigenvalue weighted by molar-refractivity contribution is 1.24. The number of nitrogen functional groups attached to an aromatic ring is 1. The van der Waals surface area contributed by atoms with Crippen LogP contribution in [0.5, 0.6) is 0 Å². The van der Waals surface area contributed by atoms with Crippen LogP contribution in [0.1, 0.15) is 11.1 Å². The van der Waals surface area contributed by atoms with Gasteiger partial charge in [0.05, 0.1) is 11.2 Å². The Balaban J connectivity index is 2.33. The van der Waals surface area contributed by atoms with Gasteiger partial charge < -0.3 is 5.73 Å². The van der Waals surface area contributed by atoms with Crippen molar-refractivity contribution in [2.75, 3.05) is 5.73 Å². The lowest BCUT2D eigenvalue weighted by atomic mass is 10.0. The highest BCUT2D eigenvalue weighted by atomic mass is 14.7. The molecule has 94 valence electrons. The summed E-state index contributed by atoms with van der Waals surface area (Å²) >= 11 is 0. The van der Waals surface area contributed by atoms with Crippen molar-refractivity contribution in [2.24, 2.45) is 0 Å². The molecule has 3 nitrogen and oxygen atoms in total. The van der Waals surface area contributed by atoms with E-state index < -0.39 is 0 Å². The van der Waals surface area contributed by atoms with E-state index in [1.807, 2.05) is 50.5 Å². The van der Waals surface area contributed by atoms with E-state index >= 15 is 0 Å². The van der Waals surface area contributed by atoms with Crippen LogP contribution in [-0.4, -0.2) is 9.97 Å². The Morgan fingerprint density at radius 2 is 1.84 bits per heavy atom. The zero-order valence-electron chi connectivity index (χ0n) is 11.0. The first kappa shape index (κ1) is 11.7. The lowest BCUT2D eigenvalue weighted by Gasteiger charge is -2.11. The van der Waals surface area contributed by atoms with Crippen molar-refractivity contribution < 1.29 is 0 Å². The van der Waals surface area contributed by atoms with Gasteiger partial charge in [-0.3, -0.25) is 4.98 Å². The molecular weight excluding hydrogens is 234 g/mol. The van der Waals surface area contributed by atoms with Crippen LogP contribution in [-0.2, 0) is 0 Å². The Morgan fingerprint density at radius 3 is 2.63 bits per heavy atom. The topological polar surface area (TPSA) is 51.8 Å². The fraction of sp³-hybridized carbons (Fsp3) is 0.125. The SMILES string of the molecule is Cc1cncc(-c2nc3ccccc3c(N)c2C)c1. The Bertz CT molecular complexity index is 763. The van der Waals surface area contributed by atoms with Gasteiger partial charge in [0.1, 0.15) is 0 Å². The number of aryl methyl sites for hydroxylation is 1. The molecule has 0 bridgehead atoms. The summed E-state index contributed by atoms with van der Waals surface area (Å²) in [7, 11) is 0. The van der Waals surface area contributed by atoms with Gasteiger partial charge in [-0.05, 0) is 37.1 Å². The summed E-state index contributed by atoms with van der Waals surface area (Å²) in [4.78, 5) is 8.96. The number of benzene rings is 1. The maximum absolute atomic E-state index is 6.23. The third-order valence-electron chi connectivity index (χ3n) is 3.33. The molecule has 0 amide bonds. The average molecular weight is 249 g/mol. The van der Waals surface area contributed by atoms with Crippen molar-refractivity contribution in [3.05, 3.63) is 53.9 Å². The van der Waals surface area contributed by atoms with E-state index in [0.717, 1.165) is 39.0 Å². The van der Waals surface area contributed by atoms with Crippen molar-refractivity contribution in [2.45, 2.75) is 13.8 Å². The Kier molecular flexibility index (Phi) is 2.67. The number of hydrogen-bond donors (Lipinski definition) is 1. The fourth-order valence-corrected chi connectivity index (χ4v) is 2.30. The molecule has 3 heteroatoms. The van der Waals surface area contributed by atoms with E-state index in [4.69, 9.17) is 10.7 Å². The number of hydrogen-bond acceptors (Lipinski definition) is 3. The monoisotopic (exact) mass is 249 g/mol.